The van der Waals surface area contributed by atoms with E-state index in [1.807, 2.05) is 13.0 Å². The van der Waals surface area contributed by atoms with Crippen molar-refractivity contribution in [1.29, 1.82) is 0 Å². The monoisotopic (exact) mass is 308 g/mol. The molecule has 0 saturated heterocycles. The van der Waals surface area contributed by atoms with Crippen LogP contribution in [0.4, 0.5) is 0 Å². The quantitative estimate of drug-likeness (QED) is 0.861. The van der Waals surface area contributed by atoms with Crippen LogP contribution in [-0.2, 0) is 30.2 Å². The van der Waals surface area contributed by atoms with Gasteiger partial charge in [-0.05, 0) is 42.7 Å². The van der Waals surface area contributed by atoms with Gasteiger partial charge in [-0.1, -0.05) is 6.07 Å². The molecule has 2 aromatic rings. The van der Waals surface area contributed by atoms with Crippen molar-refractivity contribution in [3.05, 3.63) is 46.8 Å². The first-order chi connectivity index (χ1) is 9.85. The van der Waals surface area contributed by atoms with E-state index in [0.717, 1.165) is 16.8 Å². The maximum Gasteiger partial charge on any atom is 0.241 e. The number of nitrogens with one attached hydrogen (secondary N) is 1. The van der Waals surface area contributed by atoms with Crippen LogP contribution >= 0.6 is 0 Å². The molecule has 6 nitrogen and oxygen atoms in total. The predicted octanol–water partition coefficient (Wildman–Crippen LogP) is 0.974. The second-order valence-electron chi connectivity index (χ2n) is 5.02. The lowest BCUT2D eigenvalue weighted by Gasteiger charge is -2.13. The summed E-state index contributed by atoms with van der Waals surface area (Å²) in [4.78, 5) is 0.274. The summed E-state index contributed by atoms with van der Waals surface area (Å²) in [7, 11) is -1.81. The lowest BCUT2D eigenvalue weighted by Crippen LogP contribution is -2.25. The van der Waals surface area contributed by atoms with Gasteiger partial charge < -0.3 is 5.73 Å². The van der Waals surface area contributed by atoms with E-state index >= 15 is 0 Å². The summed E-state index contributed by atoms with van der Waals surface area (Å²) in [6.45, 7) is 4.22. The fourth-order valence-electron chi connectivity index (χ4n) is 2.21. The summed E-state index contributed by atoms with van der Waals surface area (Å²) >= 11 is 0. The van der Waals surface area contributed by atoms with Gasteiger partial charge in [-0.2, -0.15) is 5.10 Å². The molecule has 0 aliphatic carbocycles. The molecule has 21 heavy (non-hydrogen) atoms. The first-order valence-electron chi connectivity index (χ1n) is 6.62. The van der Waals surface area contributed by atoms with E-state index in [2.05, 4.69) is 9.82 Å². The highest BCUT2D eigenvalue weighted by molar-refractivity contribution is 7.89. The second-order valence-corrected chi connectivity index (χ2v) is 6.75. The topological polar surface area (TPSA) is 90.0 Å². The van der Waals surface area contributed by atoms with Gasteiger partial charge in [-0.15, -0.1) is 0 Å². The van der Waals surface area contributed by atoms with E-state index in [9.17, 15) is 8.42 Å². The first kappa shape index (κ1) is 15.7. The average molecular weight is 308 g/mol. The number of rotatable bonds is 5. The van der Waals surface area contributed by atoms with Crippen molar-refractivity contribution in [2.24, 2.45) is 12.8 Å². The third kappa shape index (κ3) is 3.31. The molecule has 0 amide bonds. The molecule has 0 aliphatic rings. The first-order valence-corrected chi connectivity index (χ1v) is 8.10. The van der Waals surface area contributed by atoms with Crippen LogP contribution in [0.15, 0.2) is 29.3 Å². The van der Waals surface area contributed by atoms with Gasteiger partial charge in [0.2, 0.25) is 10.0 Å². The lowest BCUT2D eigenvalue weighted by atomic mass is 10.1. The standard InChI is InChI=1S/C14H20N4O2S/c1-10-6-11(2)14(7-12(10)8-15)21(19,20)17-9-13-4-5-16-18(13)3/h4-7,17H,8-9,15H2,1-3H3. The van der Waals surface area contributed by atoms with Gasteiger partial charge in [0.15, 0.2) is 0 Å². The normalized spacial score (nSPS) is 11.8. The molecule has 3 N–H and O–H groups in total. The number of nitrogens with zero attached hydrogens (tertiary/aromatic N) is 2. The summed E-state index contributed by atoms with van der Waals surface area (Å²) in [5, 5.41) is 4.01. The molecule has 0 radical (unpaired) electrons. The minimum atomic E-state index is -3.58. The Morgan fingerprint density at radius 1 is 1.29 bits per heavy atom. The highest BCUT2D eigenvalue weighted by Crippen LogP contribution is 2.20. The SMILES string of the molecule is Cc1cc(C)c(S(=O)(=O)NCc2ccnn2C)cc1CN. The molecule has 0 saturated carbocycles. The molecule has 1 aromatic heterocycles. The van der Waals surface area contributed by atoms with Crippen molar-refractivity contribution >= 4 is 10.0 Å². The molecule has 114 valence electrons. The van der Waals surface area contributed by atoms with Gasteiger partial charge >= 0.3 is 0 Å². The highest BCUT2D eigenvalue weighted by Gasteiger charge is 2.18. The van der Waals surface area contributed by atoms with Crippen molar-refractivity contribution in [2.75, 3.05) is 0 Å². The van der Waals surface area contributed by atoms with Gasteiger partial charge in [0.1, 0.15) is 0 Å². The lowest BCUT2D eigenvalue weighted by molar-refractivity contribution is 0.576. The minimum Gasteiger partial charge on any atom is -0.326 e. The average Bonchev–Trinajstić information content (AvgIpc) is 2.82. The predicted molar refractivity (Wildman–Crippen MR) is 81.0 cm³/mol. The summed E-state index contributed by atoms with van der Waals surface area (Å²) in [6, 6.07) is 5.27. The van der Waals surface area contributed by atoms with Gasteiger partial charge in [0, 0.05) is 19.8 Å². The molecular formula is C14H20N4O2S. The highest BCUT2D eigenvalue weighted by atomic mass is 32.2. The van der Waals surface area contributed by atoms with E-state index < -0.39 is 10.0 Å². The van der Waals surface area contributed by atoms with E-state index in [0.29, 0.717) is 12.1 Å². The van der Waals surface area contributed by atoms with Crippen LogP contribution in [0.3, 0.4) is 0 Å². The number of aryl methyl sites for hydroxylation is 3. The van der Waals surface area contributed by atoms with Crippen molar-refractivity contribution < 1.29 is 8.42 Å². The van der Waals surface area contributed by atoms with Crippen LogP contribution in [0.5, 0.6) is 0 Å². The van der Waals surface area contributed by atoms with Gasteiger partial charge in [-0.25, -0.2) is 13.1 Å². The van der Waals surface area contributed by atoms with Crippen molar-refractivity contribution in [1.82, 2.24) is 14.5 Å². The maximum atomic E-state index is 12.5. The Morgan fingerprint density at radius 2 is 2.00 bits per heavy atom. The van der Waals surface area contributed by atoms with Crippen LogP contribution in [0.1, 0.15) is 22.4 Å². The third-order valence-electron chi connectivity index (χ3n) is 3.51. The van der Waals surface area contributed by atoms with E-state index in [1.165, 1.54) is 0 Å². The summed E-state index contributed by atoms with van der Waals surface area (Å²) in [5.41, 5.74) is 9.00. The number of hydrogen-bond donors (Lipinski definition) is 2. The van der Waals surface area contributed by atoms with Crippen molar-refractivity contribution in [2.45, 2.75) is 31.8 Å². The summed E-state index contributed by atoms with van der Waals surface area (Å²) < 4.78 is 29.2. The maximum absolute atomic E-state index is 12.5. The molecule has 1 heterocycles. The Balaban J connectivity index is 2.29. The fourth-order valence-corrected chi connectivity index (χ4v) is 3.48. The summed E-state index contributed by atoms with van der Waals surface area (Å²) in [5.74, 6) is 0. The number of aromatic nitrogens is 2. The van der Waals surface area contributed by atoms with Gasteiger partial charge in [0.05, 0.1) is 17.1 Å². The molecule has 0 unspecified atom stereocenters. The van der Waals surface area contributed by atoms with Crippen molar-refractivity contribution in [3.63, 3.8) is 0 Å². The smallest absolute Gasteiger partial charge is 0.241 e. The largest absolute Gasteiger partial charge is 0.326 e. The van der Waals surface area contributed by atoms with E-state index in [1.54, 1.807) is 37.0 Å². The third-order valence-corrected chi connectivity index (χ3v) is 5.05. The van der Waals surface area contributed by atoms with Crippen LogP contribution in [0.2, 0.25) is 0 Å². The van der Waals surface area contributed by atoms with Crippen LogP contribution in [-0.4, -0.2) is 18.2 Å². The number of nitrogens with two attached hydrogens (primary N) is 1. The molecule has 0 fully saturated rings. The molecule has 0 atom stereocenters. The zero-order valence-corrected chi connectivity index (χ0v) is 13.2. The van der Waals surface area contributed by atoms with E-state index in [4.69, 9.17) is 5.73 Å². The minimum absolute atomic E-state index is 0.199. The van der Waals surface area contributed by atoms with Crippen LogP contribution in [0.25, 0.3) is 0 Å². The molecule has 2 rings (SSSR count). The second kappa shape index (κ2) is 5.97. The molecule has 7 heteroatoms. The Hall–Kier alpha value is -1.70. The van der Waals surface area contributed by atoms with Gasteiger partial charge in [-0.3, -0.25) is 4.68 Å². The molecule has 0 aliphatic heterocycles. The Labute approximate surface area is 125 Å². The van der Waals surface area contributed by atoms with Crippen molar-refractivity contribution in [3.8, 4) is 0 Å². The molecule has 1 aromatic carbocycles. The Bertz CT molecular complexity index is 750. The number of benzene rings is 1. The summed E-state index contributed by atoms with van der Waals surface area (Å²) in [6.07, 6.45) is 1.63. The van der Waals surface area contributed by atoms with Crippen LogP contribution < -0.4 is 10.5 Å². The number of sulfonamides is 1. The Morgan fingerprint density at radius 3 is 2.57 bits per heavy atom. The molecule has 0 bridgehead atoms. The molecular weight excluding hydrogens is 288 g/mol. The zero-order chi connectivity index (χ0) is 15.6. The zero-order valence-electron chi connectivity index (χ0n) is 12.4. The molecule has 0 spiro atoms. The number of hydrogen-bond acceptors (Lipinski definition) is 4. The fraction of sp³-hybridized carbons (Fsp3) is 0.357. The van der Waals surface area contributed by atoms with Gasteiger partial charge in [0.25, 0.3) is 0 Å². The Kier molecular flexibility index (Phi) is 4.46. The van der Waals surface area contributed by atoms with Crippen LogP contribution in [0, 0.1) is 13.8 Å². The van der Waals surface area contributed by atoms with E-state index in [-0.39, 0.29) is 11.4 Å².